The lowest BCUT2D eigenvalue weighted by Crippen LogP contribution is -2.13. The maximum Gasteiger partial charge on any atom is 0.212 e. The number of para-hydroxylation sites is 1. The van der Waals surface area contributed by atoms with E-state index in [0.29, 0.717) is 28.4 Å². The fraction of sp³-hybridized carbons (Fsp3) is 0.133. The summed E-state index contributed by atoms with van der Waals surface area (Å²) in [5.74, 6) is 0.692. The van der Waals surface area contributed by atoms with Crippen molar-refractivity contribution in [3.05, 3.63) is 58.9 Å². The van der Waals surface area contributed by atoms with E-state index in [1.807, 2.05) is 24.3 Å². The van der Waals surface area contributed by atoms with Gasteiger partial charge in [-0.25, -0.2) is 4.98 Å². The molecule has 5 heteroatoms. The van der Waals surface area contributed by atoms with Gasteiger partial charge in [-0.2, -0.15) is 0 Å². The summed E-state index contributed by atoms with van der Waals surface area (Å²) in [6.45, 7) is 0. The molecule has 0 aliphatic rings. The van der Waals surface area contributed by atoms with E-state index >= 15 is 0 Å². The Bertz CT molecular complexity index is 737. The Kier molecular flexibility index (Phi) is 3.34. The third kappa shape index (κ3) is 2.48. The fourth-order valence-corrected chi connectivity index (χ4v) is 2.27. The van der Waals surface area contributed by atoms with E-state index in [1.54, 1.807) is 18.2 Å². The number of rotatable bonds is 3. The molecule has 0 saturated carbocycles. The van der Waals surface area contributed by atoms with Gasteiger partial charge in [0, 0.05) is 0 Å². The molecule has 3 N–H and O–H groups in total. The van der Waals surface area contributed by atoms with E-state index in [-0.39, 0.29) is 11.8 Å². The summed E-state index contributed by atoms with van der Waals surface area (Å²) >= 11 is 6.05. The lowest BCUT2D eigenvalue weighted by atomic mass is 10.1. The highest BCUT2D eigenvalue weighted by atomic mass is 35.5. The molecular weight excluding hydrogens is 276 g/mol. The maximum atomic E-state index is 9.26. The van der Waals surface area contributed by atoms with Crippen LogP contribution < -0.4 is 5.73 Å². The molecule has 1 atom stereocenters. The molecule has 0 bridgehead atoms. The van der Waals surface area contributed by atoms with Gasteiger partial charge in [0.2, 0.25) is 5.89 Å². The largest absolute Gasteiger partial charge is 0.508 e. The van der Waals surface area contributed by atoms with Crippen molar-refractivity contribution in [2.75, 3.05) is 0 Å². The molecule has 3 aromatic rings. The Morgan fingerprint density at radius 1 is 1.20 bits per heavy atom. The van der Waals surface area contributed by atoms with E-state index in [0.717, 1.165) is 5.56 Å². The number of hydrogen-bond donors (Lipinski definition) is 2. The van der Waals surface area contributed by atoms with Gasteiger partial charge in [-0.1, -0.05) is 29.8 Å². The molecule has 0 aliphatic heterocycles. The molecule has 0 fully saturated rings. The van der Waals surface area contributed by atoms with Crippen LogP contribution in [0.15, 0.2) is 46.9 Å². The number of phenolic OH excluding ortho intramolecular Hbond substituents is 1. The van der Waals surface area contributed by atoms with Gasteiger partial charge >= 0.3 is 0 Å². The number of aromatic hydroxyl groups is 1. The second kappa shape index (κ2) is 5.15. The molecule has 1 aromatic heterocycles. The van der Waals surface area contributed by atoms with Crippen LogP contribution in [0.3, 0.4) is 0 Å². The average molecular weight is 289 g/mol. The number of hydrogen-bond acceptors (Lipinski definition) is 4. The lowest BCUT2D eigenvalue weighted by molar-refractivity contribution is 0.470. The molecule has 3 rings (SSSR count). The Balaban J connectivity index is 1.86. The first kappa shape index (κ1) is 13.0. The summed E-state index contributed by atoms with van der Waals surface area (Å²) in [6.07, 6.45) is 0.574. The van der Waals surface area contributed by atoms with Crippen molar-refractivity contribution in [3.63, 3.8) is 0 Å². The zero-order valence-electron chi connectivity index (χ0n) is 10.6. The van der Waals surface area contributed by atoms with Gasteiger partial charge < -0.3 is 15.3 Å². The van der Waals surface area contributed by atoms with Crippen molar-refractivity contribution < 1.29 is 9.52 Å². The van der Waals surface area contributed by atoms with Crippen LogP contribution in [0, 0.1) is 0 Å². The second-order valence-electron chi connectivity index (χ2n) is 4.62. The van der Waals surface area contributed by atoms with Crippen molar-refractivity contribution in [2.45, 2.75) is 12.5 Å². The average Bonchev–Trinajstić information content (AvgIpc) is 2.87. The topological polar surface area (TPSA) is 72.3 Å². The van der Waals surface area contributed by atoms with Crippen molar-refractivity contribution in [3.8, 4) is 5.75 Å². The first-order valence-electron chi connectivity index (χ1n) is 6.22. The Morgan fingerprint density at radius 3 is 2.65 bits per heavy atom. The summed E-state index contributed by atoms with van der Waals surface area (Å²) in [5.41, 5.74) is 8.38. The van der Waals surface area contributed by atoms with Crippen molar-refractivity contribution in [1.29, 1.82) is 0 Å². The number of nitrogens with two attached hydrogens (primary N) is 1. The summed E-state index contributed by atoms with van der Waals surface area (Å²) < 4.78 is 5.64. The summed E-state index contributed by atoms with van der Waals surface area (Å²) in [6, 6.07) is 12.0. The standard InChI is InChI=1S/C15H13ClN2O2/c16-11-2-1-3-13-14(11)20-15(18-13)12(17)8-9-4-6-10(19)7-5-9/h1-7,12,19H,8,17H2. The van der Waals surface area contributed by atoms with Crippen molar-refractivity contribution in [1.82, 2.24) is 4.98 Å². The highest BCUT2D eigenvalue weighted by Crippen LogP contribution is 2.27. The molecule has 1 unspecified atom stereocenters. The number of benzene rings is 2. The minimum atomic E-state index is -0.358. The fourth-order valence-electron chi connectivity index (χ4n) is 2.06. The minimum absolute atomic E-state index is 0.232. The van der Waals surface area contributed by atoms with Gasteiger partial charge in [0.05, 0.1) is 11.1 Å². The maximum absolute atomic E-state index is 9.26. The van der Waals surface area contributed by atoms with E-state index in [2.05, 4.69) is 4.98 Å². The molecule has 0 radical (unpaired) electrons. The lowest BCUT2D eigenvalue weighted by Gasteiger charge is -2.07. The van der Waals surface area contributed by atoms with Gasteiger partial charge in [0.25, 0.3) is 0 Å². The SMILES string of the molecule is NC(Cc1ccc(O)cc1)c1nc2cccc(Cl)c2o1. The van der Waals surface area contributed by atoms with Gasteiger partial charge in [-0.15, -0.1) is 0 Å². The smallest absolute Gasteiger partial charge is 0.212 e. The van der Waals surface area contributed by atoms with Crippen molar-refractivity contribution in [2.24, 2.45) is 5.73 Å². The molecule has 0 saturated heterocycles. The normalized spacial score (nSPS) is 12.7. The number of fused-ring (bicyclic) bond motifs is 1. The predicted molar refractivity (Wildman–Crippen MR) is 77.8 cm³/mol. The quantitative estimate of drug-likeness (QED) is 0.774. The van der Waals surface area contributed by atoms with Crippen molar-refractivity contribution >= 4 is 22.7 Å². The molecule has 0 amide bonds. The monoisotopic (exact) mass is 288 g/mol. The van der Waals surface area contributed by atoms with Crippen LogP contribution in [0.1, 0.15) is 17.5 Å². The van der Waals surface area contributed by atoms with E-state index in [4.69, 9.17) is 21.8 Å². The zero-order chi connectivity index (χ0) is 14.1. The van der Waals surface area contributed by atoms with Gasteiger partial charge in [0.15, 0.2) is 5.58 Å². The number of oxazole rings is 1. The number of aromatic nitrogens is 1. The van der Waals surface area contributed by atoms with Crippen LogP contribution in [0.4, 0.5) is 0 Å². The molecule has 0 aliphatic carbocycles. The highest BCUT2D eigenvalue weighted by molar-refractivity contribution is 6.34. The molecule has 2 aromatic carbocycles. The van der Waals surface area contributed by atoms with E-state index < -0.39 is 0 Å². The van der Waals surface area contributed by atoms with Gasteiger partial charge in [-0.3, -0.25) is 0 Å². The van der Waals surface area contributed by atoms with Gasteiger partial charge in [0.1, 0.15) is 11.3 Å². The Labute approximate surface area is 120 Å². The van der Waals surface area contributed by atoms with E-state index in [1.165, 1.54) is 0 Å². The molecular formula is C15H13ClN2O2. The first-order chi connectivity index (χ1) is 9.63. The number of nitrogens with zero attached hydrogens (tertiary/aromatic N) is 1. The first-order valence-corrected chi connectivity index (χ1v) is 6.60. The summed E-state index contributed by atoms with van der Waals surface area (Å²) in [7, 11) is 0. The zero-order valence-corrected chi connectivity index (χ0v) is 11.3. The van der Waals surface area contributed by atoms with Crippen LogP contribution in [0.2, 0.25) is 5.02 Å². The van der Waals surface area contributed by atoms with Crippen LogP contribution in [0.25, 0.3) is 11.1 Å². The van der Waals surface area contributed by atoms with Crippen LogP contribution >= 0.6 is 11.6 Å². The number of phenols is 1. The minimum Gasteiger partial charge on any atom is -0.508 e. The van der Waals surface area contributed by atoms with Gasteiger partial charge in [-0.05, 0) is 36.2 Å². The Morgan fingerprint density at radius 2 is 1.95 bits per heavy atom. The second-order valence-corrected chi connectivity index (χ2v) is 5.02. The highest BCUT2D eigenvalue weighted by Gasteiger charge is 2.16. The molecule has 4 nitrogen and oxygen atoms in total. The Hall–Kier alpha value is -2.04. The van der Waals surface area contributed by atoms with Crippen LogP contribution in [0.5, 0.6) is 5.75 Å². The van der Waals surface area contributed by atoms with E-state index in [9.17, 15) is 5.11 Å². The van der Waals surface area contributed by atoms with Crippen LogP contribution in [-0.2, 0) is 6.42 Å². The van der Waals surface area contributed by atoms with Crippen LogP contribution in [-0.4, -0.2) is 10.1 Å². The molecule has 1 heterocycles. The molecule has 20 heavy (non-hydrogen) atoms. The molecule has 0 spiro atoms. The summed E-state index contributed by atoms with van der Waals surface area (Å²) in [4.78, 5) is 4.36. The third-order valence-corrected chi connectivity index (χ3v) is 3.39. The third-order valence-electron chi connectivity index (χ3n) is 3.09. The molecule has 102 valence electrons. The summed E-state index contributed by atoms with van der Waals surface area (Å²) in [5, 5.41) is 9.78. The number of halogens is 1. The predicted octanol–water partition coefficient (Wildman–Crippen LogP) is 3.43.